The first-order chi connectivity index (χ1) is 9.67. The number of carbonyl (C=O) groups excluding carboxylic acids is 2. The molecule has 0 aliphatic carbocycles. The van der Waals surface area contributed by atoms with E-state index in [0.29, 0.717) is 19.6 Å². The molecule has 1 atom stereocenters. The predicted molar refractivity (Wildman–Crippen MR) is 83.2 cm³/mol. The quantitative estimate of drug-likeness (QED) is 0.358. The van der Waals surface area contributed by atoms with Gasteiger partial charge in [0.05, 0.1) is 18.6 Å². The van der Waals surface area contributed by atoms with E-state index in [1.54, 1.807) is 20.8 Å². The largest absolute Gasteiger partial charge is 0.465 e. The molecule has 0 amide bonds. The van der Waals surface area contributed by atoms with Crippen LogP contribution in [0.15, 0.2) is 0 Å². The fourth-order valence-electron chi connectivity index (χ4n) is 1.79. The van der Waals surface area contributed by atoms with Crippen molar-refractivity contribution < 1.29 is 23.8 Å². The highest BCUT2D eigenvalue weighted by atomic mass is 79.9. The fourth-order valence-corrected chi connectivity index (χ4v) is 2.60. The molecule has 6 nitrogen and oxygen atoms in total. The standard InChI is InChI=1S/C14H26BrNO5/c1-13(2,11(17)20-7-5-6-16)10-14(3,15)12(18)21-9-8-19-4/h5-10,16H2,1-4H3. The molecule has 21 heavy (non-hydrogen) atoms. The van der Waals surface area contributed by atoms with Gasteiger partial charge in [-0.3, -0.25) is 9.59 Å². The zero-order valence-electron chi connectivity index (χ0n) is 13.2. The summed E-state index contributed by atoms with van der Waals surface area (Å²) in [5.41, 5.74) is 4.54. The van der Waals surface area contributed by atoms with Crippen molar-refractivity contribution in [2.45, 2.75) is 37.9 Å². The number of hydrogen-bond donors (Lipinski definition) is 1. The first-order valence-electron chi connectivity index (χ1n) is 6.90. The lowest BCUT2D eigenvalue weighted by atomic mass is 9.83. The van der Waals surface area contributed by atoms with Crippen molar-refractivity contribution in [3.05, 3.63) is 0 Å². The normalized spacial score (nSPS) is 14.4. The van der Waals surface area contributed by atoms with Gasteiger partial charge >= 0.3 is 11.9 Å². The Bertz CT molecular complexity index is 312. The monoisotopic (exact) mass is 367 g/mol. The van der Waals surface area contributed by atoms with Gasteiger partial charge in [0.25, 0.3) is 0 Å². The minimum absolute atomic E-state index is 0.178. The molecule has 2 N–H and O–H groups in total. The van der Waals surface area contributed by atoms with Crippen LogP contribution in [0.3, 0.4) is 0 Å². The Hall–Kier alpha value is -0.660. The Kier molecular flexibility index (Phi) is 9.08. The number of nitrogens with two attached hydrogens (primary N) is 1. The molecular formula is C14H26BrNO5. The third-order valence-electron chi connectivity index (χ3n) is 2.85. The van der Waals surface area contributed by atoms with Gasteiger partial charge in [-0.15, -0.1) is 0 Å². The van der Waals surface area contributed by atoms with Crippen LogP contribution in [0.4, 0.5) is 0 Å². The summed E-state index contributed by atoms with van der Waals surface area (Å²) in [7, 11) is 1.53. The van der Waals surface area contributed by atoms with Gasteiger partial charge < -0.3 is 19.9 Å². The van der Waals surface area contributed by atoms with E-state index in [1.807, 2.05) is 0 Å². The number of rotatable bonds is 10. The van der Waals surface area contributed by atoms with Gasteiger partial charge in [0.2, 0.25) is 0 Å². The summed E-state index contributed by atoms with van der Waals surface area (Å²) in [5, 5.41) is 0. The first-order valence-corrected chi connectivity index (χ1v) is 7.69. The zero-order valence-corrected chi connectivity index (χ0v) is 14.8. The van der Waals surface area contributed by atoms with Crippen molar-refractivity contribution in [1.82, 2.24) is 0 Å². The number of methoxy groups -OCH3 is 1. The van der Waals surface area contributed by atoms with E-state index in [0.717, 1.165) is 0 Å². The maximum Gasteiger partial charge on any atom is 0.322 e. The van der Waals surface area contributed by atoms with Crippen molar-refractivity contribution in [3.63, 3.8) is 0 Å². The Morgan fingerprint density at radius 3 is 2.14 bits per heavy atom. The SMILES string of the molecule is COCCOC(=O)C(C)(Br)CC(C)(C)C(=O)OCCCN. The van der Waals surface area contributed by atoms with Crippen LogP contribution in [0.5, 0.6) is 0 Å². The number of alkyl halides is 1. The molecule has 124 valence electrons. The van der Waals surface area contributed by atoms with Gasteiger partial charge in [0.15, 0.2) is 0 Å². The van der Waals surface area contributed by atoms with Gasteiger partial charge in [0.1, 0.15) is 10.9 Å². The molecule has 7 heteroatoms. The molecule has 0 radical (unpaired) electrons. The summed E-state index contributed by atoms with van der Waals surface area (Å²) in [5.74, 6) is -0.784. The summed E-state index contributed by atoms with van der Waals surface area (Å²) in [6.07, 6.45) is 0.875. The maximum absolute atomic E-state index is 12.0. The Morgan fingerprint density at radius 1 is 1.05 bits per heavy atom. The predicted octanol–water partition coefficient (Wildman–Crippen LogP) is 1.64. The summed E-state index contributed by atoms with van der Waals surface area (Å²) in [6.45, 7) is 6.42. The molecule has 0 aliphatic heterocycles. The van der Waals surface area contributed by atoms with Crippen LogP contribution < -0.4 is 5.73 Å². The van der Waals surface area contributed by atoms with Gasteiger partial charge in [-0.1, -0.05) is 15.9 Å². The van der Waals surface area contributed by atoms with E-state index < -0.39 is 15.7 Å². The maximum atomic E-state index is 12.0. The summed E-state index contributed by atoms with van der Waals surface area (Å²) < 4.78 is 14.1. The second kappa shape index (κ2) is 9.38. The molecule has 0 heterocycles. The van der Waals surface area contributed by atoms with Gasteiger partial charge in [0, 0.05) is 7.11 Å². The Morgan fingerprint density at radius 2 is 1.62 bits per heavy atom. The van der Waals surface area contributed by atoms with Gasteiger partial charge in [-0.2, -0.15) is 0 Å². The lowest BCUT2D eigenvalue weighted by molar-refractivity contribution is -0.156. The van der Waals surface area contributed by atoms with Crippen molar-refractivity contribution in [2.24, 2.45) is 11.1 Å². The fraction of sp³-hybridized carbons (Fsp3) is 0.857. The van der Waals surface area contributed by atoms with Gasteiger partial charge in [-0.05, 0) is 40.2 Å². The smallest absolute Gasteiger partial charge is 0.322 e. The minimum Gasteiger partial charge on any atom is -0.465 e. The molecule has 0 saturated heterocycles. The topological polar surface area (TPSA) is 87.8 Å². The van der Waals surface area contributed by atoms with E-state index >= 15 is 0 Å². The number of hydrogen-bond acceptors (Lipinski definition) is 6. The highest BCUT2D eigenvalue weighted by Gasteiger charge is 2.42. The molecular weight excluding hydrogens is 342 g/mol. The molecule has 0 spiro atoms. The van der Waals surface area contributed by atoms with E-state index in [4.69, 9.17) is 19.9 Å². The molecule has 0 bridgehead atoms. The first kappa shape index (κ1) is 20.3. The van der Waals surface area contributed by atoms with Crippen LogP contribution in [0, 0.1) is 5.41 Å². The molecule has 0 fully saturated rings. The average Bonchev–Trinajstić information content (AvgIpc) is 2.37. The van der Waals surface area contributed by atoms with Crippen molar-refractivity contribution in [1.29, 1.82) is 0 Å². The second-order valence-electron chi connectivity index (χ2n) is 5.66. The van der Waals surface area contributed by atoms with Crippen molar-refractivity contribution in [2.75, 3.05) is 33.5 Å². The number of esters is 2. The van der Waals surface area contributed by atoms with Crippen LogP contribution in [-0.4, -0.2) is 49.7 Å². The van der Waals surface area contributed by atoms with E-state index in [-0.39, 0.29) is 25.6 Å². The Labute approximate surface area is 134 Å². The van der Waals surface area contributed by atoms with Crippen LogP contribution in [0.1, 0.15) is 33.6 Å². The third kappa shape index (κ3) is 7.78. The molecule has 0 aliphatic rings. The summed E-state index contributed by atoms with van der Waals surface area (Å²) in [6, 6.07) is 0. The van der Waals surface area contributed by atoms with Crippen molar-refractivity contribution >= 4 is 27.9 Å². The number of carbonyl (C=O) groups is 2. The Balaban J connectivity index is 4.51. The number of ether oxygens (including phenoxy) is 3. The van der Waals surface area contributed by atoms with Crippen LogP contribution in [0.25, 0.3) is 0 Å². The molecule has 0 saturated carbocycles. The third-order valence-corrected chi connectivity index (χ3v) is 3.46. The second-order valence-corrected chi connectivity index (χ2v) is 7.42. The van der Waals surface area contributed by atoms with Crippen LogP contribution in [-0.2, 0) is 23.8 Å². The summed E-state index contributed by atoms with van der Waals surface area (Å²) >= 11 is 3.34. The molecule has 1 unspecified atom stereocenters. The average molecular weight is 368 g/mol. The molecule has 0 rings (SSSR count). The van der Waals surface area contributed by atoms with Gasteiger partial charge in [-0.25, -0.2) is 0 Å². The van der Waals surface area contributed by atoms with Crippen LogP contribution >= 0.6 is 15.9 Å². The highest BCUT2D eigenvalue weighted by molar-refractivity contribution is 9.10. The van der Waals surface area contributed by atoms with E-state index in [9.17, 15) is 9.59 Å². The molecule has 0 aromatic heterocycles. The van der Waals surface area contributed by atoms with E-state index in [2.05, 4.69) is 15.9 Å². The minimum atomic E-state index is -0.961. The number of halogens is 1. The molecule has 0 aromatic carbocycles. The lowest BCUT2D eigenvalue weighted by Gasteiger charge is -2.30. The lowest BCUT2D eigenvalue weighted by Crippen LogP contribution is -2.40. The van der Waals surface area contributed by atoms with Crippen molar-refractivity contribution in [3.8, 4) is 0 Å². The highest BCUT2D eigenvalue weighted by Crippen LogP contribution is 2.35. The molecule has 0 aromatic rings. The summed E-state index contributed by atoms with van der Waals surface area (Å²) in [4.78, 5) is 24.1. The van der Waals surface area contributed by atoms with E-state index in [1.165, 1.54) is 7.11 Å². The van der Waals surface area contributed by atoms with Crippen LogP contribution in [0.2, 0.25) is 0 Å². The zero-order chi connectivity index (χ0) is 16.5.